The van der Waals surface area contributed by atoms with Gasteiger partial charge in [-0.05, 0) is 36.4 Å². The van der Waals surface area contributed by atoms with Crippen LogP contribution in [0.2, 0.25) is 5.02 Å². The van der Waals surface area contributed by atoms with Crippen LogP contribution in [-0.2, 0) is 10.9 Å². The predicted molar refractivity (Wildman–Crippen MR) is 95.5 cm³/mol. The van der Waals surface area contributed by atoms with E-state index in [-0.39, 0.29) is 27.7 Å². The van der Waals surface area contributed by atoms with E-state index in [1.54, 1.807) is 4.90 Å². The van der Waals surface area contributed by atoms with Gasteiger partial charge in [-0.15, -0.1) is 0 Å². The molecule has 5 nitrogen and oxygen atoms in total. The lowest BCUT2D eigenvalue weighted by Crippen LogP contribution is -2.37. The fraction of sp³-hybridized carbons (Fsp3) is 0.278. The largest absolute Gasteiger partial charge is 0.507 e. The van der Waals surface area contributed by atoms with Crippen LogP contribution >= 0.6 is 11.6 Å². The molecule has 1 heterocycles. The summed E-state index contributed by atoms with van der Waals surface area (Å²) in [7, 11) is 0. The van der Waals surface area contributed by atoms with Gasteiger partial charge in [0.2, 0.25) is 0 Å². The van der Waals surface area contributed by atoms with E-state index in [0.717, 1.165) is 6.07 Å². The molecule has 0 radical (unpaired) electrons. The van der Waals surface area contributed by atoms with E-state index in [0.29, 0.717) is 26.3 Å². The molecule has 0 bridgehead atoms. The number of phenolic OH excluding ortho intramolecular Hbond substituents is 1. The summed E-state index contributed by atoms with van der Waals surface area (Å²) >= 11 is 5.80. The standard InChI is InChI=1S/C18H16ClF3N2O3/c19-11-1-4-16(25)13(9-11)17(26)23-12-2-3-15(14(10-12)18(20,21)22)24-5-7-27-8-6-24/h1-4,9-10,25H,5-8H2,(H,23,26). The molecule has 2 aromatic carbocycles. The number of rotatable bonds is 3. The Hall–Kier alpha value is -2.45. The molecular formula is C18H16ClF3N2O3. The van der Waals surface area contributed by atoms with Gasteiger partial charge in [-0.1, -0.05) is 11.6 Å². The number of phenols is 1. The van der Waals surface area contributed by atoms with Crippen molar-refractivity contribution in [1.82, 2.24) is 0 Å². The summed E-state index contributed by atoms with van der Waals surface area (Å²) < 4.78 is 45.8. The average molecular weight is 401 g/mol. The van der Waals surface area contributed by atoms with E-state index in [1.165, 1.54) is 30.3 Å². The van der Waals surface area contributed by atoms with Crippen LogP contribution < -0.4 is 10.2 Å². The number of alkyl halides is 3. The number of hydrogen-bond donors (Lipinski definition) is 2. The van der Waals surface area contributed by atoms with Gasteiger partial charge in [-0.25, -0.2) is 0 Å². The first-order valence-electron chi connectivity index (χ1n) is 8.09. The average Bonchev–Trinajstić information content (AvgIpc) is 2.63. The molecular weight excluding hydrogens is 385 g/mol. The topological polar surface area (TPSA) is 61.8 Å². The lowest BCUT2D eigenvalue weighted by molar-refractivity contribution is -0.137. The molecule has 144 valence electrons. The highest BCUT2D eigenvalue weighted by Gasteiger charge is 2.35. The minimum absolute atomic E-state index is 0.0365. The third-order valence-corrected chi connectivity index (χ3v) is 4.35. The summed E-state index contributed by atoms with van der Waals surface area (Å²) in [5.41, 5.74) is -0.982. The lowest BCUT2D eigenvalue weighted by Gasteiger charge is -2.31. The van der Waals surface area contributed by atoms with Crippen molar-refractivity contribution in [3.63, 3.8) is 0 Å². The van der Waals surface area contributed by atoms with Crippen LogP contribution in [-0.4, -0.2) is 37.3 Å². The summed E-state index contributed by atoms with van der Waals surface area (Å²) in [5.74, 6) is -1.08. The second-order valence-corrected chi connectivity index (χ2v) is 6.38. The van der Waals surface area contributed by atoms with E-state index in [9.17, 15) is 23.1 Å². The van der Waals surface area contributed by atoms with Crippen molar-refractivity contribution in [1.29, 1.82) is 0 Å². The van der Waals surface area contributed by atoms with Crippen LogP contribution in [0.25, 0.3) is 0 Å². The van der Waals surface area contributed by atoms with Gasteiger partial charge in [0.25, 0.3) is 5.91 Å². The first-order valence-corrected chi connectivity index (χ1v) is 8.47. The van der Waals surface area contributed by atoms with Crippen molar-refractivity contribution in [3.8, 4) is 5.75 Å². The van der Waals surface area contributed by atoms with E-state index in [1.807, 2.05) is 0 Å². The lowest BCUT2D eigenvalue weighted by atomic mass is 10.1. The van der Waals surface area contributed by atoms with Crippen molar-refractivity contribution in [2.45, 2.75) is 6.18 Å². The Morgan fingerprint density at radius 3 is 2.52 bits per heavy atom. The van der Waals surface area contributed by atoms with Crippen molar-refractivity contribution < 1.29 is 27.8 Å². The maximum atomic E-state index is 13.5. The molecule has 1 fully saturated rings. The number of anilines is 2. The number of carbonyl (C=O) groups excluding carboxylic acids is 1. The van der Waals surface area contributed by atoms with E-state index >= 15 is 0 Å². The summed E-state index contributed by atoms with van der Waals surface area (Å²) in [5, 5.41) is 12.4. The third kappa shape index (κ3) is 4.45. The highest BCUT2D eigenvalue weighted by Crippen LogP contribution is 2.38. The Labute approximate surface area is 158 Å². The maximum absolute atomic E-state index is 13.5. The van der Waals surface area contributed by atoms with Crippen molar-refractivity contribution in [2.75, 3.05) is 36.5 Å². The Kier molecular flexibility index (Phi) is 5.48. The molecule has 2 N–H and O–H groups in total. The first-order chi connectivity index (χ1) is 12.8. The van der Waals surface area contributed by atoms with Crippen LogP contribution in [0.1, 0.15) is 15.9 Å². The van der Waals surface area contributed by atoms with Crippen LogP contribution in [0.3, 0.4) is 0 Å². The Morgan fingerprint density at radius 2 is 1.85 bits per heavy atom. The Balaban J connectivity index is 1.90. The van der Waals surface area contributed by atoms with Gasteiger partial charge in [0.1, 0.15) is 5.75 Å². The minimum Gasteiger partial charge on any atom is -0.507 e. The van der Waals surface area contributed by atoms with Crippen LogP contribution in [0, 0.1) is 0 Å². The number of benzene rings is 2. The smallest absolute Gasteiger partial charge is 0.418 e. The Morgan fingerprint density at radius 1 is 1.15 bits per heavy atom. The third-order valence-electron chi connectivity index (χ3n) is 4.11. The molecule has 0 atom stereocenters. The number of hydrogen-bond acceptors (Lipinski definition) is 4. The van der Waals surface area contributed by atoms with Gasteiger partial charge in [-0.2, -0.15) is 13.2 Å². The first kappa shape index (κ1) is 19.3. The molecule has 0 unspecified atom stereocenters. The molecule has 0 aliphatic carbocycles. The normalized spacial score (nSPS) is 14.9. The number of aromatic hydroxyl groups is 1. The summed E-state index contributed by atoms with van der Waals surface area (Å²) in [6.45, 7) is 1.41. The molecule has 1 amide bonds. The number of nitrogens with one attached hydrogen (secondary N) is 1. The van der Waals surface area contributed by atoms with Gasteiger partial charge < -0.3 is 20.1 Å². The van der Waals surface area contributed by atoms with Crippen molar-refractivity contribution >= 4 is 28.9 Å². The number of amides is 1. The van der Waals surface area contributed by atoms with Gasteiger partial charge >= 0.3 is 6.18 Å². The fourth-order valence-corrected chi connectivity index (χ4v) is 2.98. The summed E-state index contributed by atoms with van der Waals surface area (Å²) in [6, 6.07) is 7.46. The minimum atomic E-state index is -4.59. The second-order valence-electron chi connectivity index (χ2n) is 5.94. The number of carbonyl (C=O) groups is 1. The molecule has 0 saturated carbocycles. The zero-order valence-electron chi connectivity index (χ0n) is 14.0. The molecule has 1 saturated heterocycles. The molecule has 9 heteroatoms. The Bertz CT molecular complexity index is 852. The summed E-state index contributed by atoms with van der Waals surface area (Å²) in [6.07, 6.45) is -4.59. The highest BCUT2D eigenvalue weighted by atomic mass is 35.5. The number of nitrogens with zero attached hydrogens (tertiary/aromatic N) is 1. The molecule has 1 aliphatic heterocycles. The quantitative estimate of drug-likeness (QED) is 0.812. The monoisotopic (exact) mass is 400 g/mol. The van der Waals surface area contributed by atoms with Crippen LogP contribution in [0.5, 0.6) is 5.75 Å². The molecule has 0 aromatic heterocycles. The molecule has 27 heavy (non-hydrogen) atoms. The van der Waals surface area contributed by atoms with Crippen LogP contribution in [0.4, 0.5) is 24.5 Å². The molecule has 3 rings (SSSR count). The van der Waals surface area contributed by atoms with Crippen molar-refractivity contribution in [2.24, 2.45) is 0 Å². The number of halogens is 4. The second kappa shape index (κ2) is 7.66. The number of ether oxygens (including phenoxy) is 1. The maximum Gasteiger partial charge on any atom is 0.418 e. The molecule has 2 aromatic rings. The van der Waals surface area contributed by atoms with E-state index in [4.69, 9.17) is 16.3 Å². The van der Waals surface area contributed by atoms with Gasteiger partial charge in [0, 0.05) is 29.5 Å². The fourth-order valence-electron chi connectivity index (χ4n) is 2.81. The zero-order chi connectivity index (χ0) is 19.6. The molecule has 1 aliphatic rings. The van der Waals surface area contributed by atoms with Crippen LogP contribution in [0.15, 0.2) is 36.4 Å². The van der Waals surface area contributed by atoms with E-state index < -0.39 is 17.6 Å². The highest BCUT2D eigenvalue weighted by molar-refractivity contribution is 6.31. The van der Waals surface area contributed by atoms with Gasteiger partial charge in [0.15, 0.2) is 0 Å². The SMILES string of the molecule is O=C(Nc1ccc(N2CCOCC2)c(C(F)(F)F)c1)c1cc(Cl)ccc1O. The number of morpholine rings is 1. The predicted octanol–water partition coefficient (Wildman–Crippen LogP) is 4.15. The zero-order valence-corrected chi connectivity index (χ0v) is 14.8. The van der Waals surface area contributed by atoms with Gasteiger partial charge in [-0.3, -0.25) is 4.79 Å². The van der Waals surface area contributed by atoms with E-state index in [2.05, 4.69) is 5.32 Å². The van der Waals surface area contributed by atoms with Gasteiger partial charge in [0.05, 0.1) is 24.3 Å². The molecule has 0 spiro atoms. The summed E-state index contributed by atoms with van der Waals surface area (Å²) in [4.78, 5) is 13.9. The van der Waals surface area contributed by atoms with Crippen molar-refractivity contribution in [3.05, 3.63) is 52.5 Å².